The highest BCUT2D eigenvalue weighted by molar-refractivity contribution is 5.77. The van der Waals surface area contributed by atoms with Crippen molar-refractivity contribution < 1.29 is 23.1 Å². The predicted molar refractivity (Wildman–Crippen MR) is 102 cm³/mol. The van der Waals surface area contributed by atoms with Crippen LogP contribution in [0.3, 0.4) is 0 Å². The fraction of sp³-hybridized carbons (Fsp3) is 0.333. The molecule has 0 atom stereocenters. The van der Waals surface area contributed by atoms with Crippen LogP contribution in [0.25, 0.3) is 11.0 Å². The molecule has 160 valence electrons. The molecule has 3 heterocycles. The summed E-state index contributed by atoms with van der Waals surface area (Å²) in [6.07, 6.45) is -3.47. The molecular weight excluding hydrogens is 405 g/mol. The third kappa shape index (κ3) is 4.95. The Morgan fingerprint density at radius 1 is 1.17 bits per heavy atom. The van der Waals surface area contributed by atoms with Crippen molar-refractivity contribution in [3.8, 4) is 0 Å². The van der Waals surface area contributed by atoms with E-state index in [9.17, 15) is 18.0 Å². The summed E-state index contributed by atoms with van der Waals surface area (Å²) >= 11 is 0. The van der Waals surface area contributed by atoms with Gasteiger partial charge < -0.3 is 19.9 Å². The van der Waals surface area contributed by atoms with E-state index in [1.165, 1.54) is 0 Å². The number of H-pyrrole nitrogens is 1. The Morgan fingerprint density at radius 3 is 2.40 bits per heavy atom. The zero-order valence-corrected chi connectivity index (χ0v) is 15.7. The molecule has 2 aromatic heterocycles. The zero-order valence-electron chi connectivity index (χ0n) is 15.7. The number of carboxylic acid groups (broad SMARTS) is 1. The van der Waals surface area contributed by atoms with Gasteiger partial charge in [-0.1, -0.05) is 30.3 Å². The quantitative estimate of drug-likeness (QED) is 0.579. The van der Waals surface area contributed by atoms with Crippen LogP contribution in [0.4, 0.5) is 19.1 Å². The van der Waals surface area contributed by atoms with E-state index in [2.05, 4.69) is 37.5 Å². The SMILES string of the molecule is O=C(O)C(F)(F)F.O=c1[nH]ncc2nc(N3CCNCC3)n(Cc3ccccc3)c12. The normalized spacial score (nSPS) is 14.3. The zero-order chi connectivity index (χ0) is 21.7. The number of aromatic amines is 1. The number of fused-ring (bicyclic) bond motifs is 1. The molecule has 0 radical (unpaired) electrons. The lowest BCUT2D eigenvalue weighted by Gasteiger charge is -2.28. The number of carbonyl (C=O) groups is 1. The summed E-state index contributed by atoms with van der Waals surface area (Å²) in [4.78, 5) is 28.1. The van der Waals surface area contributed by atoms with Crippen LogP contribution in [0.1, 0.15) is 5.56 Å². The van der Waals surface area contributed by atoms with E-state index in [1.807, 2.05) is 22.8 Å². The first-order valence-corrected chi connectivity index (χ1v) is 9.01. The molecule has 0 aliphatic carbocycles. The number of hydrogen-bond donors (Lipinski definition) is 3. The van der Waals surface area contributed by atoms with E-state index in [0.29, 0.717) is 17.6 Å². The summed E-state index contributed by atoms with van der Waals surface area (Å²) in [6.45, 7) is 4.21. The van der Waals surface area contributed by atoms with Gasteiger partial charge >= 0.3 is 12.1 Å². The Labute approximate surface area is 168 Å². The molecule has 3 aromatic rings. The van der Waals surface area contributed by atoms with Gasteiger partial charge in [-0.3, -0.25) is 4.79 Å². The molecule has 9 nitrogen and oxygen atoms in total. The van der Waals surface area contributed by atoms with Gasteiger partial charge in [0, 0.05) is 26.2 Å². The Bertz CT molecular complexity index is 1060. The number of alkyl halides is 3. The molecule has 1 aliphatic rings. The van der Waals surface area contributed by atoms with Gasteiger partial charge in [0.2, 0.25) is 5.95 Å². The highest BCUT2D eigenvalue weighted by Crippen LogP contribution is 2.21. The van der Waals surface area contributed by atoms with Gasteiger partial charge in [0.15, 0.2) is 0 Å². The van der Waals surface area contributed by atoms with Crippen molar-refractivity contribution in [3.63, 3.8) is 0 Å². The molecule has 1 aliphatic heterocycles. The minimum Gasteiger partial charge on any atom is -0.475 e. The maximum atomic E-state index is 12.3. The first kappa shape index (κ1) is 21.3. The number of aliphatic carboxylic acids is 1. The summed E-state index contributed by atoms with van der Waals surface area (Å²) in [5, 5.41) is 16.9. The van der Waals surface area contributed by atoms with Gasteiger partial charge in [0.25, 0.3) is 5.56 Å². The van der Waals surface area contributed by atoms with Gasteiger partial charge in [-0.05, 0) is 5.56 Å². The number of benzene rings is 1. The molecule has 3 N–H and O–H groups in total. The van der Waals surface area contributed by atoms with Crippen molar-refractivity contribution in [2.75, 3.05) is 31.1 Å². The molecule has 1 aromatic carbocycles. The molecule has 0 bridgehead atoms. The summed E-state index contributed by atoms with van der Waals surface area (Å²) in [5.41, 5.74) is 2.15. The highest BCUT2D eigenvalue weighted by atomic mass is 19.4. The molecule has 1 saturated heterocycles. The Kier molecular flexibility index (Phi) is 6.35. The molecule has 0 spiro atoms. The lowest BCUT2D eigenvalue weighted by molar-refractivity contribution is -0.192. The summed E-state index contributed by atoms with van der Waals surface area (Å²) < 4.78 is 33.7. The highest BCUT2D eigenvalue weighted by Gasteiger charge is 2.38. The smallest absolute Gasteiger partial charge is 0.475 e. The summed E-state index contributed by atoms with van der Waals surface area (Å²) in [7, 11) is 0. The van der Waals surface area contributed by atoms with Crippen LogP contribution in [0, 0.1) is 0 Å². The van der Waals surface area contributed by atoms with Crippen molar-refractivity contribution in [2.24, 2.45) is 0 Å². The van der Waals surface area contributed by atoms with Gasteiger partial charge in [-0.25, -0.2) is 14.9 Å². The average Bonchev–Trinajstić information content (AvgIpc) is 3.09. The molecule has 0 amide bonds. The van der Waals surface area contributed by atoms with Crippen LogP contribution in [0.15, 0.2) is 41.3 Å². The number of piperazine rings is 1. The van der Waals surface area contributed by atoms with Gasteiger partial charge in [-0.2, -0.15) is 18.3 Å². The van der Waals surface area contributed by atoms with Gasteiger partial charge in [-0.15, -0.1) is 0 Å². The topological polar surface area (TPSA) is 116 Å². The largest absolute Gasteiger partial charge is 0.490 e. The number of nitrogens with one attached hydrogen (secondary N) is 2. The number of anilines is 1. The minimum absolute atomic E-state index is 0.202. The van der Waals surface area contributed by atoms with Crippen molar-refractivity contribution in [1.29, 1.82) is 0 Å². The third-order valence-corrected chi connectivity index (χ3v) is 4.37. The molecular formula is C18H19F3N6O3. The van der Waals surface area contributed by atoms with E-state index in [4.69, 9.17) is 9.90 Å². The standard InChI is InChI=1S/C16H18N6O.C2HF3O2/c23-15-14-13(10-18-20-15)19-16(21-8-6-17-7-9-21)22(14)11-12-4-2-1-3-5-12;3-2(4,5)1(6)7/h1-5,10,17H,6-9,11H2,(H,20,23);(H,6,7). The molecule has 0 saturated carbocycles. The number of imidazole rings is 1. The maximum Gasteiger partial charge on any atom is 0.490 e. The van der Waals surface area contributed by atoms with Gasteiger partial charge in [0.1, 0.15) is 11.0 Å². The Hall–Kier alpha value is -3.41. The lowest BCUT2D eigenvalue weighted by Crippen LogP contribution is -2.44. The number of hydrogen-bond acceptors (Lipinski definition) is 6. The number of aromatic nitrogens is 4. The Morgan fingerprint density at radius 2 is 1.80 bits per heavy atom. The molecule has 0 unspecified atom stereocenters. The van der Waals surface area contributed by atoms with Crippen LogP contribution in [-0.4, -0.2) is 63.2 Å². The second-order valence-electron chi connectivity index (χ2n) is 6.46. The number of rotatable bonds is 3. The fourth-order valence-corrected chi connectivity index (χ4v) is 3.02. The number of halogens is 3. The summed E-state index contributed by atoms with van der Waals surface area (Å²) in [6, 6.07) is 10.1. The number of nitrogens with zero attached hydrogens (tertiary/aromatic N) is 4. The summed E-state index contributed by atoms with van der Waals surface area (Å²) in [5.74, 6) is -1.92. The lowest BCUT2D eigenvalue weighted by atomic mass is 10.2. The molecule has 4 rings (SSSR count). The third-order valence-electron chi connectivity index (χ3n) is 4.37. The van der Waals surface area contributed by atoms with Crippen molar-refractivity contribution in [1.82, 2.24) is 25.1 Å². The molecule has 1 fully saturated rings. The van der Waals surface area contributed by atoms with Crippen LogP contribution in [0.5, 0.6) is 0 Å². The van der Waals surface area contributed by atoms with Crippen molar-refractivity contribution in [2.45, 2.75) is 12.7 Å². The molecule has 12 heteroatoms. The average molecular weight is 424 g/mol. The van der Waals surface area contributed by atoms with Crippen LogP contribution in [-0.2, 0) is 11.3 Å². The minimum atomic E-state index is -5.08. The van der Waals surface area contributed by atoms with E-state index in [0.717, 1.165) is 37.7 Å². The van der Waals surface area contributed by atoms with E-state index in [1.54, 1.807) is 6.20 Å². The first-order valence-electron chi connectivity index (χ1n) is 9.01. The monoisotopic (exact) mass is 424 g/mol. The van der Waals surface area contributed by atoms with E-state index in [-0.39, 0.29) is 5.56 Å². The fourth-order valence-electron chi connectivity index (χ4n) is 3.02. The second-order valence-corrected chi connectivity index (χ2v) is 6.46. The van der Waals surface area contributed by atoms with Crippen molar-refractivity contribution >= 4 is 23.0 Å². The van der Waals surface area contributed by atoms with Crippen LogP contribution in [0.2, 0.25) is 0 Å². The maximum absolute atomic E-state index is 12.3. The number of carboxylic acids is 1. The van der Waals surface area contributed by atoms with Crippen LogP contribution >= 0.6 is 0 Å². The van der Waals surface area contributed by atoms with Crippen LogP contribution < -0.4 is 15.8 Å². The molecule has 30 heavy (non-hydrogen) atoms. The first-order chi connectivity index (χ1) is 14.3. The van der Waals surface area contributed by atoms with Gasteiger partial charge in [0.05, 0.1) is 12.7 Å². The Balaban J connectivity index is 0.000000318. The van der Waals surface area contributed by atoms with E-state index < -0.39 is 12.1 Å². The van der Waals surface area contributed by atoms with Crippen molar-refractivity contribution in [3.05, 3.63) is 52.4 Å². The predicted octanol–water partition coefficient (Wildman–Crippen LogP) is 1.21. The van der Waals surface area contributed by atoms with E-state index >= 15 is 0 Å². The second kappa shape index (κ2) is 8.95.